The van der Waals surface area contributed by atoms with E-state index < -0.39 is 97.5 Å². The molecule has 0 aromatic rings. The average Bonchev–Trinajstić information content (AvgIpc) is 0.973. The number of carbonyl (C=O) groups is 4. The Kier molecular flexibility index (Phi) is 66.7. The van der Waals surface area contributed by atoms with Crippen LogP contribution < -0.4 is 0 Å². The molecule has 0 saturated carbocycles. The number of esters is 4. The van der Waals surface area contributed by atoms with E-state index in [2.05, 4.69) is 161 Å². The highest BCUT2D eigenvalue weighted by Gasteiger charge is 2.30. The number of aliphatic hydroxyl groups is 1. The Hall–Kier alpha value is -5.06. The molecule has 0 heterocycles. The van der Waals surface area contributed by atoms with Crippen molar-refractivity contribution in [3.63, 3.8) is 0 Å². The van der Waals surface area contributed by atoms with Crippen LogP contribution in [0.15, 0.2) is 146 Å². The van der Waals surface area contributed by atoms with Crippen LogP contribution in [-0.4, -0.2) is 96.7 Å². The smallest absolute Gasteiger partial charge is 0.462 e. The highest BCUT2D eigenvalue weighted by molar-refractivity contribution is 7.47. The van der Waals surface area contributed by atoms with E-state index in [9.17, 15) is 43.2 Å². The molecule has 0 aliphatic heterocycles. The van der Waals surface area contributed by atoms with Crippen LogP contribution >= 0.6 is 15.6 Å². The first-order valence-corrected chi connectivity index (χ1v) is 40.1. The van der Waals surface area contributed by atoms with E-state index in [1.54, 1.807) is 0 Å². The van der Waals surface area contributed by atoms with Gasteiger partial charge in [-0.05, 0) is 148 Å². The standard InChI is InChI=1S/C79H130O17P2/c1-5-9-13-17-21-25-29-32-34-36-38-41-44-47-51-55-59-63-76(81)89-69-74(95-78(83)65-61-57-53-49-43-28-24-20-16-12-8-4)71-93-97(85,86)91-67-73(80)68-92-98(87,88)94-72-75(96-79(84)66-62-58-54-50-46-40-31-27-23-19-15-11-7-3)70-90-77(82)64-60-56-52-48-45-42-39-37-35-33-30-26-22-18-14-10-6-2/h9-10,13-15,19-22,24-27,31-35,38-39,41-42,48,52,73-75,80H,5-8,11-12,16-18,23,28-30,36-37,40,43-47,49-51,53-72H2,1-4H3,(H,85,86)(H,87,88)/b13-9-,14-10-,19-15-,24-20-,25-21-,26-22-,31-27-,34-32-,35-33-,41-38-,42-39-,52-48-. The van der Waals surface area contributed by atoms with Gasteiger partial charge in [0.25, 0.3) is 0 Å². The van der Waals surface area contributed by atoms with Crippen molar-refractivity contribution in [3.05, 3.63) is 146 Å². The molecule has 3 N–H and O–H groups in total. The monoisotopic (exact) mass is 1410 g/mol. The minimum atomic E-state index is -4.99. The Morgan fingerprint density at radius 1 is 0.296 bits per heavy atom. The van der Waals surface area contributed by atoms with Crippen LogP contribution in [0.4, 0.5) is 0 Å². The molecular weight excluding hydrogens is 1280 g/mol. The van der Waals surface area contributed by atoms with Gasteiger partial charge in [-0.15, -0.1) is 0 Å². The number of phosphoric acid groups is 2. The minimum absolute atomic E-state index is 0.0617. The maximum atomic E-state index is 13.1. The zero-order valence-electron chi connectivity index (χ0n) is 60.7. The highest BCUT2D eigenvalue weighted by Crippen LogP contribution is 2.45. The molecule has 17 nitrogen and oxygen atoms in total. The Morgan fingerprint density at radius 2 is 0.561 bits per heavy atom. The lowest BCUT2D eigenvalue weighted by atomic mass is 10.1. The molecule has 0 spiro atoms. The molecule has 0 radical (unpaired) electrons. The van der Waals surface area contributed by atoms with Gasteiger partial charge in [0.1, 0.15) is 19.3 Å². The molecule has 0 fully saturated rings. The molecule has 558 valence electrons. The Labute approximate surface area is 592 Å². The second-order valence-electron chi connectivity index (χ2n) is 24.1. The number of phosphoric ester groups is 2. The fraction of sp³-hybridized carbons (Fsp3) is 0.646. The Balaban J connectivity index is 5.40. The number of ether oxygens (including phenoxy) is 4. The lowest BCUT2D eigenvalue weighted by molar-refractivity contribution is -0.161. The molecule has 0 aliphatic rings. The van der Waals surface area contributed by atoms with Gasteiger partial charge >= 0.3 is 39.5 Å². The molecule has 19 heteroatoms. The van der Waals surface area contributed by atoms with E-state index in [1.807, 2.05) is 12.2 Å². The predicted octanol–water partition coefficient (Wildman–Crippen LogP) is 21.1. The summed E-state index contributed by atoms with van der Waals surface area (Å²) in [7, 11) is -9.98. The van der Waals surface area contributed by atoms with Crippen molar-refractivity contribution in [1.29, 1.82) is 0 Å². The van der Waals surface area contributed by atoms with E-state index in [1.165, 1.54) is 12.8 Å². The fourth-order valence-corrected chi connectivity index (χ4v) is 10.7. The second kappa shape index (κ2) is 70.4. The van der Waals surface area contributed by atoms with Gasteiger partial charge in [0, 0.05) is 25.7 Å². The molecule has 0 aliphatic carbocycles. The SMILES string of the molecule is CC/C=C\C/C=C\C/C=C\C/C=C\C/C=C\CCCC(=O)OCC(COP(=O)(O)OCC(O)COP(=O)(O)OCC(COC(=O)CCCCCC/C=C\C/C=C\C/C=C\C/C=C\CC)OC(=O)CCCCCCC/C=C\CCCC)OC(=O)CCCCCCC/C=C\C/C=C\CCC. The zero-order chi connectivity index (χ0) is 71.8. The van der Waals surface area contributed by atoms with E-state index in [0.29, 0.717) is 32.1 Å². The summed E-state index contributed by atoms with van der Waals surface area (Å²) in [6, 6.07) is 0. The van der Waals surface area contributed by atoms with Gasteiger partial charge in [0.05, 0.1) is 26.4 Å². The van der Waals surface area contributed by atoms with E-state index >= 15 is 0 Å². The maximum Gasteiger partial charge on any atom is 0.472 e. The largest absolute Gasteiger partial charge is 0.472 e. The van der Waals surface area contributed by atoms with Gasteiger partial charge in [0.2, 0.25) is 0 Å². The summed E-state index contributed by atoms with van der Waals surface area (Å²) in [6.45, 7) is 4.39. The fourth-order valence-electron chi connectivity index (χ4n) is 9.15. The number of allylic oxidation sites excluding steroid dienone is 24. The predicted molar refractivity (Wildman–Crippen MR) is 399 cm³/mol. The topological polar surface area (TPSA) is 237 Å². The van der Waals surface area contributed by atoms with Crippen LogP contribution in [0.1, 0.15) is 272 Å². The molecule has 0 aromatic heterocycles. The first-order chi connectivity index (χ1) is 47.7. The lowest BCUT2D eigenvalue weighted by Crippen LogP contribution is -2.30. The van der Waals surface area contributed by atoms with Crippen molar-refractivity contribution in [1.82, 2.24) is 0 Å². The van der Waals surface area contributed by atoms with Crippen molar-refractivity contribution in [3.8, 4) is 0 Å². The van der Waals surface area contributed by atoms with Crippen LogP contribution in [0.25, 0.3) is 0 Å². The quantitative estimate of drug-likeness (QED) is 0.0169. The number of unbranched alkanes of at least 4 members (excludes halogenated alkanes) is 18. The molecule has 0 bridgehead atoms. The normalized spacial score (nSPS) is 14.8. The summed E-state index contributed by atoms with van der Waals surface area (Å²) < 4.78 is 68.3. The molecular formula is C79H130O17P2. The highest BCUT2D eigenvalue weighted by atomic mass is 31.2. The maximum absolute atomic E-state index is 13.1. The third-order valence-electron chi connectivity index (χ3n) is 14.7. The number of rotatable bonds is 68. The summed E-state index contributed by atoms with van der Waals surface area (Å²) in [4.78, 5) is 72.7. The number of hydrogen-bond donors (Lipinski definition) is 3. The summed E-state index contributed by atoms with van der Waals surface area (Å²) in [5, 5.41) is 10.6. The molecule has 5 atom stereocenters. The van der Waals surface area contributed by atoms with Crippen molar-refractivity contribution in [2.24, 2.45) is 0 Å². The van der Waals surface area contributed by atoms with Crippen LogP contribution in [0.5, 0.6) is 0 Å². The van der Waals surface area contributed by atoms with Gasteiger partial charge in [-0.1, -0.05) is 244 Å². The molecule has 5 unspecified atom stereocenters. The molecule has 0 amide bonds. The first-order valence-electron chi connectivity index (χ1n) is 37.1. The van der Waals surface area contributed by atoms with E-state index in [0.717, 1.165) is 173 Å². The summed E-state index contributed by atoms with van der Waals surface area (Å²) >= 11 is 0. The van der Waals surface area contributed by atoms with Crippen LogP contribution in [0.2, 0.25) is 0 Å². The van der Waals surface area contributed by atoms with Gasteiger partial charge in [-0.2, -0.15) is 0 Å². The van der Waals surface area contributed by atoms with Gasteiger partial charge in [-0.3, -0.25) is 37.3 Å². The second-order valence-corrected chi connectivity index (χ2v) is 27.0. The molecule has 0 rings (SSSR count). The number of aliphatic hydroxyl groups excluding tert-OH is 1. The van der Waals surface area contributed by atoms with Crippen LogP contribution in [-0.2, 0) is 65.4 Å². The van der Waals surface area contributed by atoms with Crippen molar-refractivity contribution in [2.45, 2.75) is 290 Å². The minimum Gasteiger partial charge on any atom is -0.462 e. The Bertz CT molecular complexity index is 2430. The van der Waals surface area contributed by atoms with E-state index in [4.69, 9.17) is 37.0 Å². The summed E-state index contributed by atoms with van der Waals surface area (Å²) in [6.07, 6.45) is 78.6. The first kappa shape index (κ1) is 92.9. The van der Waals surface area contributed by atoms with Crippen LogP contribution in [0, 0.1) is 0 Å². The third-order valence-corrected chi connectivity index (χ3v) is 16.7. The lowest BCUT2D eigenvalue weighted by Gasteiger charge is -2.21. The van der Waals surface area contributed by atoms with Crippen molar-refractivity contribution >= 4 is 39.5 Å². The van der Waals surface area contributed by atoms with Gasteiger partial charge in [0.15, 0.2) is 12.2 Å². The average molecular weight is 1410 g/mol. The third kappa shape index (κ3) is 69.4. The Morgan fingerprint density at radius 3 is 0.908 bits per heavy atom. The van der Waals surface area contributed by atoms with Crippen molar-refractivity contribution in [2.75, 3.05) is 39.6 Å². The van der Waals surface area contributed by atoms with E-state index in [-0.39, 0.29) is 25.7 Å². The van der Waals surface area contributed by atoms with Crippen molar-refractivity contribution < 1.29 is 80.2 Å². The zero-order valence-corrected chi connectivity index (χ0v) is 62.4. The van der Waals surface area contributed by atoms with Gasteiger partial charge in [-0.25, -0.2) is 9.13 Å². The molecule has 98 heavy (non-hydrogen) atoms. The van der Waals surface area contributed by atoms with Gasteiger partial charge < -0.3 is 33.8 Å². The molecule has 0 saturated heterocycles. The number of carbonyl (C=O) groups excluding carboxylic acids is 4. The number of hydrogen-bond acceptors (Lipinski definition) is 15. The summed E-state index contributed by atoms with van der Waals surface area (Å²) in [5.41, 5.74) is 0. The van der Waals surface area contributed by atoms with Crippen LogP contribution in [0.3, 0.4) is 0 Å². The summed E-state index contributed by atoms with van der Waals surface area (Å²) in [5.74, 6) is -2.31. The molecule has 0 aromatic carbocycles.